The van der Waals surface area contributed by atoms with Gasteiger partial charge in [0.1, 0.15) is 11.1 Å². The molecule has 0 atom stereocenters. The maximum absolute atomic E-state index is 9.02. The molecule has 4 rings (SSSR count). The minimum atomic E-state index is 0.545. The first-order valence-electron chi connectivity index (χ1n) is 7.54. The highest BCUT2D eigenvalue weighted by Crippen LogP contribution is 2.47. The quantitative estimate of drug-likeness (QED) is 0.721. The van der Waals surface area contributed by atoms with Gasteiger partial charge in [-0.15, -0.1) is 11.3 Å². The van der Waals surface area contributed by atoms with Crippen LogP contribution in [0.1, 0.15) is 35.6 Å². The van der Waals surface area contributed by atoms with Crippen molar-refractivity contribution in [1.82, 2.24) is 15.0 Å². The van der Waals surface area contributed by atoms with Crippen molar-refractivity contribution in [2.45, 2.75) is 25.7 Å². The van der Waals surface area contributed by atoms with Gasteiger partial charge in [-0.3, -0.25) is 9.97 Å². The van der Waals surface area contributed by atoms with Gasteiger partial charge in [0.15, 0.2) is 0 Å². The molecule has 0 N–H and O–H groups in total. The number of thiazole rings is 1. The number of pyridine rings is 2. The summed E-state index contributed by atoms with van der Waals surface area (Å²) in [5.41, 5.74) is 4.74. The Morgan fingerprint density at radius 2 is 2.17 bits per heavy atom. The molecule has 1 fully saturated rings. The molecule has 4 nitrogen and oxygen atoms in total. The van der Waals surface area contributed by atoms with E-state index in [0.29, 0.717) is 11.5 Å². The van der Waals surface area contributed by atoms with Gasteiger partial charge in [0.2, 0.25) is 0 Å². The van der Waals surface area contributed by atoms with E-state index in [1.807, 2.05) is 31.3 Å². The summed E-state index contributed by atoms with van der Waals surface area (Å²) in [4.78, 5) is 14.7. The van der Waals surface area contributed by atoms with Crippen LogP contribution in [-0.2, 0) is 0 Å². The Labute approximate surface area is 138 Å². The van der Waals surface area contributed by atoms with Gasteiger partial charge in [-0.2, -0.15) is 5.26 Å². The fourth-order valence-electron chi connectivity index (χ4n) is 2.62. The SMILES string of the molecule is Cc1cc(C#N)cnc1-c1sc(-c2cccnc2)nc1C1CC1. The van der Waals surface area contributed by atoms with Crippen molar-refractivity contribution < 1.29 is 0 Å². The number of rotatable bonds is 3. The summed E-state index contributed by atoms with van der Waals surface area (Å²) in [5, 5.41) is 10.0. The average Bonchev–Trinajstić information content (AvgIpc) is 3.34. The Morgan fingerprint density at radius 3 is 2.83 bits per heavy atom. The summed E-state index contributed by atoms with van der Waals surface area (Å²) in [6, 6.07) is 8.00. The van der Waals surface area contributed by atoms with Crippen molar-refractivity contribution in [1.29, 1.82) is 5.26 Å². The first-order valence-corrected chi connectivity index (χ1v) is 8.36. The molecular formula is C18H14N4S. The van der Waals surface area contributed by atoms with E-state index in [9.17, 15) is 0 Å². The first-order chi connectivity index (χ1) is 11.3. The number of nitrogens with zero attached hydrogens (tertiary/aromatic N) is 4. The third kappa shape index (κ3) is 2.62. The normalized spacial score (nSPS) is 13.7. The molecule has 0 aliphatic heterocycles. The third-order valence-corrected chi connectivity index (χ3v) is 5.08. The van der Waals surface area contributed by atoms with Gasteiger partial charge in [-0.05, 0) is 43.5 Å². The number of nitriles is 1. The smallest absolute Gasteiger partial charge is 0.125 e. The molecule has 1 aliphatic rings. The Hall–Kier alpha value is -2.58. The fourth-order valence-corrected chi connectivity index (χ4v) is 3.82. The standard InChI is InChI=1S/C18H14N4S/c1-11-7-12(8-19)9-21-15(11)17-16(13-4-5-13)22-18(23-17)14-3-2-6-20-10-14/h2-3,6-7,9-10,13H,4-5H2,1H3. The summed E-state index contributed by atoms with van der Waals surface area (Å²) in [7, 11) is 0. The Kier molecular flexibility index (Phi) is 3.40. The molecule has 3 aromatic heterocycles. The van der Waals surface area contributed by atoms with Crippen molar-refractivity contribution in [3.05, 3.63) is 53.6 Å². The third-order valence-electron chi connectivity index (χ3n) is 3.95. The van der Waals surface area contributed by atoms with E-state index in [-0.39, 0.29) is 0 Å². The van der Waals surface area contributed by atoms with Crippen molar-refractivity contribution in [3.8, 4) is 27.2 Å². The van der Waals surface area contributed by atoms with Gasteiger partial charge < -0.3 is 0 Å². The monoisotopic (exact) mass is 318 g/mol. The van der Waals surface area contributed by atoms with E-state index in [4.69, 9.17) is 10.2 Å². The highest BCUT2D eigenvalue weighted by atomic mass is 32.1. The second-order valence-corrected chi connectivity index (χ2v) is 6.75. The van der Waals surface area contributed by atoms with E-state index < -0.39 is 0 Å². The predicted octanol–water partition coefficient (Wildman–Crippen LogP) is 4.32. The average molecular weight is 318 g/mol. The van der Waals surface area contributed by atoms with E-state index >= 15 is 0 Å². The predicted molar refractivity (Wildman–Crippen MR) is 90.0 cm³/mol. The Balaban J connectivity index is 1.85. The van der Waals surface area contributed by atoms with Gasteiger partial charge in [0.05, 0.1) is 21.8 Å². The fraction of sp³-hybridized carbons (Fsp3) is 0.222. The molecule has 0 bridgehead atoms. The van der Waals surface area contributed by atoms with E-state index in [2.05, 4.69) is 16.0 Å². The topological polar surface area (TPSA) is 62.5 Å². The molecule has 0 unspecified atom stereocenters. The second-order valence-electron chi connectivity index (χ2n) is 5.75. The minimum Gasteiger partial charge on any atom is -0.264 e. The molecule has 0 spiro atoms. The molecule has 1 aliphatic carbocycles. The molecule has 5 heteroatoms. The highest BCUT2D eigenvalue weighted by molar-refractivity contribution is 7.18. The molecule has 0 aromatic carbocycles. The number of aromatic nitrogens is 3. The van der Waals surface area contributed by atoms with E-state index in [0.717, 1.165) is 32.4 Å². The number of aryl methyl sites for hydroxylation is 1. The van der Waals surface area contributed by atoms with Crippen LogP contribution >= 0.6 is 11.3 Å². The van der Waals surface area contributed by atoms with Crippen LogP contribution in [0.3, 0.4) is 0 Å². The first kappa shape index (κ1) is 14.0. The lowest BCUT2D eigenvalue weighted by Gasteiger charge is -2.04. The summed E-state index contributed by atoms with van der Waals surface area (Å²) >= 11 is 1.67. The molecule has 23 heavy (non-hydrogen) atoms. The van der Waals surface area contributed by atoms with Crippen LogP contribution in [-0.4, -0.2) is 15.0 Å². The lowest BCUT2D eigenvalue weighted by Crippen LogP contribution is -1.91. The molecule has 0 saturated heterocycles. The summed E-state index contributed by atoms with van der Waals surface area (Å²) in [6.45, 7) is 2.00. The molecule has 112 valence electrons. The maximum atomic E-state index is 9.02. The number of hydrogen-bond donors (Lipinski definition) is 0. The van der Waals surface area contributed by atoms with Crippen LogP contribution in [0, 0.1) is 18.3 Å². The Morgan fingerprint density at radius 1 is 1.30 bits per heavy atom. The molecule has 3 aromatic rings. The van der Waals surface area contributed by atoms with Crippen LogP contribution in [0.25, 0.3) is 21.1 Å². The highest BCUT2D eigenvalue weighted by Gasteiger charge is 2.31. The zero-order valence-electron chi connectivity index (χ0n) is 12.7. The second kappa shape index (κ2) is 5.56. The largest absolute Gasteiger partial charge is 0.264 e. The van der Waals surface area contributed by atoms with Crippen LogP contribution in [0.2, 0.25) is 0 Å². The molecular weight excluding hydrogens is 304 g/mol. The molecule has 3 heterocycles. The molecule has 0 amide bonds. The zero-order chi connectivity index (χ0) is 15.8. The maximum Gasteiger partial charge on any atom is 0.125 e. The summed E-state index contributed by atoms with van der Waals surface area (Å²) in [6.07, 6.45) is 7.64. The van der Waals surface area contributed by atoms with E-state index in [1.165, 1.54) is 12.8 Å². The lowest BCUT2D eigenvalue weighted by atomic mass is 10.1. The number of hydrogen-bond acceptors (Lipinski definition) is 5. The molecule has 1 saturated carbocycles. The van der Waals surface area contributed by atoms with Crippen LogP contribution in [0.4, 0.5) is 0 Å². The van der Waals surface area contributed by atoms with Gasteiger partial charge >= 0.3 is 0 Å². The minimum absolute atomic E-state index is 0.545. The van der Waals surface area contributed by atoms with Gasteiger partial charge in [0, 0.05) is 30.1 Å². The van der Waals surface area contributed by atoms with Gasteiger partial charge in [-0.1, -0.05) is 0 Å². The Bertz CT molecular complexity index is 905. The summed E-state index contributed by atoms with van der Waals surface area (Å²) in [5.74, 6) is 0.545. The van der Waals surface area contributed by atoms with Crippen LogP contribution in [0.15, 0.2) is 36.8 Å². The van der Waals surface area contributed by atoms with Crippen LogP contribution in [0.5, 0.6) is 0 Å². The van der Waals surface area contributed by atoms with Crippen molar-refractivity contribution in [3.63, 3.8) is 0 Å². The van der Waals surface area contributed by atoms with Crippen molar-refractivity contribution in [2.75, 3.05) is 0 Å². The van der Waals surface area contributed by atoms with Crippen molar-refractivity contribution in [2.24, 2.45) is 0 Å². The summed E-state index contributed by atoms with van der Waals surface area (Å²) < 4.78 is 0. The molecule has 0 radical (unpaired) electrons. The van der Waals surface area contributed by atoms with Crippen LogP contribution < -0.4 is 0 Å². The van der Waals surface area contributed by atoms with E-state index in [1.54, 1.807) is 23.7 Å². The lowest BCUT2D eigenvalue weighted by molar-refractivity contribution is 1.05. The van der Waals surface area contributed by atoms with Crippen molar-refractivity contribution >= 4 is 11.3 Å². The van der Waals surface area contributed by atoms with Gasteiger partial charge in [-0.25, -0.2) is 4.98 Å². The van der Waals surface area contributed by atoms with Gasteiger partial charge in [0.25, 0.3) is 0 Å². The zero-order valence-corrected chi connectivity index (χ0v) is 13.5.